The van der Waals surface area contributed by atoms with Crippen LogP contribution in [-0.2, 0) is 14.4 Å². The number of carbonyl (C=O) groups is 3. The highest BCUT2D eigenvalue weighted by molar-refractivity contribution is 6.09. The number of hydrogen-bond donors (Lipinski definition) is 1. The number of rotatable bonds is 4. The molecule has 0 saturated carbocycles. The van der Waals surface area contributed by atoms with Gasteiger partial charge in [-0.1, -0.05) is 26.0 Å². The molecule has 2 aliphatic heterocycles. The predicted molar refractivity (Wildman–Crippen MR) is 97.9 cm³/mol. The van der Waals surface area contributed by atoms with Gasteiger partial charge in [0.05, 0.1) is 5.92 Å². The van der Waals surface area contributed by atoms with E-state index in [1.54, 1.807) is 9.80 Å². The lowest BCUT2D eigenvalue weighted by Gasteiger charge is -2.32. The summed E-state index contributed by atoms with van der Waals surface area (Å²) in [4.78, 5) is 40.0. The van der Waals surface area contributed by atoms with Crippen molar-refractivity contribution in [3.05, 3.63) is 29.8 Å². The number of carboxylic acid groups (broad SMARTS) is 1. The van der Waals surface area contributed by atoms with E-state index in [9.17, 15) is 19.5 Å². The summed E-state index contributed by atoms with van der Waals surface area (Å²) in [7, 11) is 0. The summed E-state index contributed by atoms with van der Waals surface area (Å²) in [5.74, 6) is -2.05. The van der Waals surface area contributed by atoms with Gasteiger partial charge in [-0.15, -0.1) is 0 Å². The molecule has 1 aromatic carbocycles. The molecular weight excluding hydrogens is 332 g/mol. The summed E-state index contributed by atoms with van der Waals surface area (Å²) in [5.41, 5.74) is 2.03. The van der Waals surface area contributed by atoms with E-state index in [1.807, 2.05) is 24.3 Å². The standard InChI is InChI=1S/C20H26N2O4/c1-13(2)14-5-7-16(8-6-14)22-11-9-17(19(22)24)18(23)21-10-3-4-15(12-21)20(25)26/h5-8,13,15,17H,3-4,9-12H2,1-2H3,(H,25,26). The Kier molecular flexibility index (Phi) is 5.30. The molecular formula is C20H26N2O4. The summed E-state index contributed by atoms with van der Waals surface area (Å²) in [6.45, 7) is 5.50. The minimum atomic E-state index is -0.868. The maximum atomic E-state index is 12.8. The molecule has 2 fully saturated rings. The van der Waals surface area contributed by atoms with E-state index in [-0.39, 0.29) is 18.4 Å². The molecule has 0 bridgehead atoms. The van der Waals surface area contributed by atoms with E-state index >= 15 is 0 Å². The van der Waals surface area contributed by atoms with Gasteiger partial charge in [-0.05, 0) is 42.9 Å². The number of carboxylic acids is 1. The van der Waals surface area contributed by atoms with E-state index < -0.39 is 17.8 Å². The molecule has 26 heavy (non-hydrogen) atoms. The van der Waals surface area contributed by atoms with Crippen LogP contribution in [0.4, 0.5) is 5.69 Å². The number of amides is 2. The van der Waals surface area contributed by atoms with Gasteiger partial charge in [0.2, 0.25) is 11.8 Å². The normalized spacial score (nSPS) is 23.6. The summed E-state index contributed by atoms with van der Waals surface area (Å²) in [6.07, 6.45) is 1.74. The number of piperidine rings is 1. The lowest BCUT2D eigenvalue weighted by atomic mass is 9.96. The lowest BCUT2D eigenvalue weighted by Crippen LogP contribution is -2.46. The Morgan fingerprint density at radius 1 is 1.12 bits per heavy atom. The Morgan fingerprint density at radius 3 is 2.42 bits per heavy atom. The van der Waals surface area contributed by atoms with Crippen LogP contribution >= 0.6 is 0 Å². The topological polar surface area (TPSA) is 77.9 Å². The summed E-state index contributed by atoms with van der Waals surface area (Å²) >= 11 is 0. The highest BCUT2D eigenvalue weighted by Gasteiger charge is 2.41. The van der Waals surface area contributed by atoms with Crippen LogP contribution in [-0.4, -0.2) is 47.4 Å². The second-order valence-corrected chi connectivity index (χ2v) is 7.54. The van der Waals surface area contributed by atoms with Crippen molar-refractivity contribution in [1.82, 2.24) is 4.90 Å². The molecule has 0 spiro atoms. The highest BCUT2D eigenvalue weighted by atomic mass is 16.4. The van der Waals surface area contributed by atoms with E-state index in [0.717, 1.165) is 5.69 Å². The SMILES string of the molecule is CC(C)c1ccc(N2CCC(C(=O)N3CCCC(C(=O)O)C3)C2=O)cc1. The van der Waals surface area contributed by atoms with E-state index in [4.69, 9.17) is 0 Å². The molecule has 1 aromatic rings. The molecule has 2 amide bonds. The molecule has 0 radical (unpaired) electrons. The summed E-state index contributed by atoms with van der Waals surface area (Å²) in [5, 5.41) is 9.19. The Labute approximate surface area is 153 Å². The predicted octanol–water partition coefficient (Wildman–Crippen LogP) is 2.49. The van der Waals surface area contributed by atoms with Crippen molar-refractivity contribution in [3.8, 4) is 0 Å². The molecule has 140 valence electrons. The maximum absolute atomic E-state index is 12.8. The van der Waals surface area contributed by atoms with Gasteiger partial charge in [0.15, 0.2) is 0 Å². The molecule has 3 rings (SSSR count). The van der Waals surface area contributed by atoms with Crippen LogP contribution in [0, 0.1) is 11.8 Å². The molecule has 0 aliphatic carbocycles. The van der Waals surface area contributed by atoms with Gasteiger partial charge in [-0.25, -0.2) is 0 Å². The largest absolute Gasteiger partial charge is 0.481 e. The van der Waals surface area contributed by atoms with Crippen molar-refractivity contribution in [3.63, 3.8) is 0 Å². The Bertz CT molecular complexity index is 698. The smallest absolute Gasteiger partial charge is 0.308 e. The lowest BCUT2D eigenvalue weighted by molar-refractivity contribution is -0.147. The fourth-order valence-electron chi connectivity index (χ4n) is 3.80. The van der Waals surface area contributed by atoms with Gasteiger partial charge in [0, 0.05) is 25.3 Å². The molecule has 2 unspecified atom stereocenters. The van der Waals surface area contributed by atoms with Crippen molar-refractivity contribution in [2.24, 2.45) is 11.8 Å². The third-order valence-electron chi connectivity index (χ3n) is 5.46. The molecule has 0 aromatic heterocycles. The molecule has 1 N–H and O–H groups in total. The Hall–Kier alpha value is -2.37. The fraction of sp³-hybridized carbons (Fsp3) is 0.550. The first-order chi connectivity index (χ1) is 12.4. The van der Waals surface area contributed by atoms with Crippen molar-refractivity contribution in [1.29, 1.82) is 0 Å². The van der Waals surface area contributed by atoms with E-state index in [2.05, 4.69) is 13.8 Å². The quantitative estimate of drug-likeness (QED) is 0.839. The van der Waals surface area contributed by atoms with E-state index in [0.29, 0.717) is 38.3 Å². The van der Waals surface area contributed by atoms with Gasteiger partial charge < -0.3 is 14.9 Å². The average molecular weight is 358 g/mol. The van der Waals surface area contributed by atoms with Crippen LogP contribution in [0.3, 0.4) is 0 Å². The van der Waals surface area contributed by atoms with Crippen LogP contribution in [0.15, 0.2) is 24.3 Å². The number of aliphatic carboxylic acids is 1. The monoisotopic (exact) mass is 358 g/mol. The van der Waals surface area contributed by atoms with Crippen LogP contribution in [0.5, 0.6) is 0 Å². The van der Waals surface area contributed by atoms with Gasteiger partial charge in [0.25, 0.3) is 0 Å². The Morgan fingerprint density at radius 2 is 1.81 bits per heavy atom. The molecule has 2 saturated heterocycles. The van der Waals surface area contributed by atoms with Gasteiger partial charge in [-0.3, -0.25) is 14.4 Å². The van der Waals surface area contributed by atoms with Crippen molar-refractivity contribution in [2.45, 2.75) is 39.0 Å². The van der Waals surface area contributed by atoms with Crippen LogP contribution in [0.25, 0.3) is 0 Å². The summed E-state index contributed by atoms with van der Waals surface area (Å²) in [6, 6.07) is 7.90. The first-order valence-electron chi connectivity index (χ1n) is 9.31. The fourth-order valence-corrected chi connectivity index (χ4v) is 3.80. The number of benzene rings is 1. The zero-order valence-corrected chi connectivity index (χ0v) is 15.4. The van der Waals surface area contributed by atoms with Crippen molar-refractivity contribution in [2.75, 3.05) is 24.5 Å². The highest BCUT2D eigenvalue weighted by Crippen LogP contribution is 2.29. The maximum Gasteiger partial charge on any atom is 0.308 e. The van der Waals surface area contributed by atoms with Crippen LogP contribution in [0.1, 0.15) is 44.6 Å². The minimum Gasteiger partial charge on any atom is -0.481 e. The van der Waals surface area contributed by atoms with Crippen LogP contribution < -0.4 is 4.90 Å². The van der Waals surface area contributed by atoms with Crippen molar-refractivity contribution >= 4 is 23.5 Å². The number of nitrogens with zero attached hydrogens (tertiary/aromatic N) is 2. The zero-order chi connectivity index (χ0) is 18.8. The molecule has 2 heterocycles. The van der Waals surface area contributed by atoms with Gasteiger partial charge in [0.1, 0.15) is 5.92 Å². The van der Waals surface area contributed by atoms with Gasteiger partial charge in [-0.2, -0.15) is 0 Å². The van der Waals surface area contributed by atoms with Gasteiger partial charge >= 0.3 is 5.97 Å². The van der Waals surface area contributed by atoms with Crippen LogP contribution in [0.2, 0.25) is 0 Å². The minimum absolute atomic E-state index is 0.176. The number of carbonyl (C=O) groups excluding carboxylic acids is 2. The first-order valence-corrected chi connectivity index (χ1v) is 9.31. The molecule has 6 nitrogen and oxygen atoms in total. The number of likely N-dealkylation sites (tertiary alicyclic amines) is 1. The second kappa shape index (κ2) is 7.48. The van der Waals surface area contributed by atoms with E-state index in [1.165, 1.54) is 5.56 Å². The summed E-state index contributed by atoms with van der Waals surface area (Å²) < 4.78 is 0. The third-order valence-corrected chi connectivity index (χ3v) is 5.46. The Balaban J connectivity index is 1.68. The molecule has 2 atom stereocenters. The zero-order valence-electron chi connectivity index (χ0n) is 15.4. The number of anilines is 1. The second-order valence-electron chi connectivity index (χ2n) is 7.54. The van der Waals surface area contributed by atoms with Crippen molar-refractivity contribution < 1.29 is 19.5 Å². The molecule has 2 aliphatic rings. The average Bonchev–Trinajstić information content (AvgIpc) is 3.02. The first kappa shape index (κ1) is 18.4. The number of hydrogen-bond acceptors (Lipinski definition) is 3. The third kappa shape index (κ3) is 3.59. The molecule has 6 heteroatoms.